The Labute approximate surface area is 212 Å². The van der Waals surface area contributed by atoms with Crippen molar-refractivity contribution in [3.63, 3.8) is 0 Å². The van der Waals surface area contributed by atoms with E-state index in [1.54, 1.807) is 48.5 Å². The van der Waals surface area contributed by atoms with Crippen LogP contribution >= 0.6 is 0 Å². The average molecular weight is 506 g/mol. The molecule has 1 fully saturated rings. The quantitative estimate of drug-likeness (QED) is 0.493. The summed E-state index contributed by atoms with van der Waals surface area (Å²) in [6, 6.07) is 23.2. The van der Waals surface area contributed by atoms with E-state index >= 15 is 0 Å². The van der Waals surface area contributed by atoms with Crippen molar-refractivity contribution in [1.29, 1.82) is 0 Å². The Balaban J connectivity index is 1.38. The molecule has 36 heavy (non-hydrogen) atoms. The molecule has 0 spiro atoms. The van der Waals surface area contributed by atoms with Gasteiger partial charge in [0.25, 0.3) is 5.91 Å². The Morgan fingerprint density at radius 3 is 2.17 bits per heavy atom. The predicted octanol–water partition coefficient (Wildman–Crippen LogP) is 4.53. The molecule has 4 rings (SSSR count). The standard InChI is InChI=1S/C28H31N3O4S/c1-20-12-14-24(15-13-20)36(34,35)31-18-16-23(17-19-31)27(32)30-26-11-7-6-10-25(26)28(33)29-21(2)22-8-4-3-5-9-22/h3-15,21,23H,16-19H2,1-2H3,(H,29,33)(H,30,32). The fourth-order valence-electron chi connectivity index (χ4n) is 4.34. The number of nitrogens with one attached hydrogen (secondary N) is 2. The lowest BCUT2D eigenvalue weighted by Gasteiger charge is -2.30. The molecule has 0 radical (unpaired) electrons. The van der Waals surface area contributed by atoms with Crippen molar-refractivity contribution in [1.82, 2.24) is 9.62 Å². The van der Waals surface area contributed by atoms with E-state index in [1.165, 1.54) is 4.31 Å². The first-order chi connectivity index (χ1) is 17.3. The third-order valence-corrected chi connectivity index (χ3v) is 8.47. The van der Waals surface area contributed by atoms with Crippen molar-refractivity contribution in [2.75, 3.05) is 18.4 Å². The maximum absolute atomic E-state index is 13.0. The summed E-state index contributed by atoms with van der Waals surface area (Å²) in [6.45, 7) is 4.36. The van der Waals surface area contributed by atoms with Gasteiger partial charge in [0.2, 0.25) is 15.9 Å². The predicted molar refractivity (Wildman–Crippen MR) is 140 cm³/mol. The van der Waals surface area contributed by atoms with Gasteiger partial charge in [0, 0.05) is 19.0 Å². The van der Waals surface area contributed by atoms with Gasteiger partial charge in [-0.25, -0.2) is 8.42 Å². The van der Waals surface area contributed by atoms with E-state index in [0.29, 0.717) is 24.1 Å². The number of hydrogen-bond donors (Lipinski definition) is 2. The monoisotopic (exact) mass is 505 g/mol. The number of aryl methyl sites for hydroxylation is 1. The highest BCUT2D eigenvalue weighted by molar-refractivity contribution is 7.89. The normalized spacial score (nSPS) is 15.7. The fraction of sp³-hybridized carbons (Fsp3) is 0.286. The zero-order valence-corrected chi connectivity index (χ0v) is 21.3. The van der Waals surface area contributed by atoms with E-state index in [2.05, 4.69) is 10.6 Å². The molecule has 1 saturated heterocycles. The van der Waals surface area contributed by atoms with Gasteiger partial charge in [-0.2, -0.15) is 4.31 Å². The van der Waals surface area contributed by atoms with Crippen LogP contribution in [0.5, 0.6) is 0 Å². The first-order valence-corrected chi connectivity index (χ1v) is 13.5. The number of sulfonamides is 1. The number of carbonyl (C=O) groups excluding carboxylic acids is 2. The number of amides is 2. The number of hydrogen-bond acceptors (Lipinski definition) is 4. The highest BCUT2D eigenvalue weighted by Gasteiger charge is 2.32. The molecule has 1 atom stereocenters. The van der Waals surface area contributed by atoms with Crippen LogP contribution in [0.25, 0.3) is 0 Å². The number of para-hydroxylation sites is 1. The summed E-state index contributed by atoms with van der Waals surface area (Å²) >= 11 is 0. The number of anilines is 1. The minimum atomic E-state index is -3.59. The first kappa shape index (κ1) is 25.6. The molecule has 8 heteroatoms. The second-order valence-electron chi connectivity index (χ2n) is 9.13. The van der Waals surface area contributed by atoms with E-state index in [0.717, 1.165) is 11.1 Å². The Morgan fingerprint density at radius 2 is 1.50 bits per heavy atom. The number of rotatable bonds is 7. The number of carbonyl (C=O) groups is 2. The Kier molecular flexibility index (Phi) is 7.86. The molecule has 188 valence electrons. The molecule has 0 bridgehead atoms. The number of piperidine rings is 1. The van der Waals surface area contributed by atoms with Crippen LogP contribution in [0.1, 0.15) is 47.3 Å². The van der Waals surface area contributed by atoms with E-state index in [1.807, 2.05) is 44.2 Å². The third kappa shape index (κ3) is 5.83. The summed E-state index contributed by atoms with van der Waals surface area (Å²) in [5.74, 6) is -0.825. The van der Waals surface area contributed by atoms with Gasteiger partial charge in [-0.3, -0.25) is 9.59 Å². The second kappa shape index (κ2) is 11.1. The van der Waals surface area contributed by atoms with Crippen molar-refractivity contribution < 1.29 is 18.0 Å². The molecule has 2 N–H and O–H groups in total. The highest BCUT2D eigenvalue weighted by atomic mass is 32.2. The number of nitrogens with zero attached hydrogens (tertiary/aromatic N) is 1. The summed E-state index contributed by atoms with van der Waals surface area (Å²) < 4.78 is 27.4. The summed E-state index contributed by atoms with van der Waals surface area (Å²) in [6.07, 6.45) is 0.826. The topological polar surface area (TPSA) is 95.6 Å². The lowest BCUT2D eigenvalue weighted by molar-refractivity contribution is -0.120. The molecule has 1 aliphatic heterocycles. The molecule has 1 aliphatic rings. The Bertz CT molecular complexity index is 1320. The van der Waals surface area contributed by atoms with Crippen LogP contribution in [0, 0.1) is 12.8 Å². The average Bonchev–Trinajstić information content (AvgIpc) is 2.89. The molecule has 0 saturated carbocycles. The SMILES string of the molecule is Cc1ccc(S(=O)(=O)N2CCC(C(=O)Nc3ccccc3C(=O)NC(C)c3ccccc3)CC2)cc1. The molecule has 1 heterocycles. The van der Waals surface area contributed by atoms with Gasteiger partial charge in [-0.15, -0.1) is 0 Å². The zero-order valence-electron chi connectivity index (χ0n) is 20.5. The summed E-state index contributed by atoms with van der Waals surface area (Å²) in [7, 11) is -3.59. The van der Waals surface area contributed by atoms with Crippen LogP contribution in [0.2, 0.25) is 0 Å². The third-order valence-electron chi connectivity index (χ3n) is 6.56. The molecule has 7 nitrogen and oxygen atoms in total. The maximum atomic E-state index is 13.0. The molecular weight excluding hydrogens is 474 g/mol. The van der Waals surface area contributed by atoms with Gasteiger partial charge in [0.1, 0.15) is 0 Å². The van der Waals surface area contributed by atoms with Gasteiger partial charge >= 0.3 is 0 Å². The highest BCUT2D eigenvalue weighted by Crippen LogP contribution is 2.26. The van der Waals surface area contributed by atoms with Crippen molar-refractivity contribution in [2.24, 2.45) is 5.92 Å². The first-order valence-electron chi connectivity index (χ1n) is 12.1. The van der Waals surface area contributed by atoms with Gasteiger partial charge in [-0.05, 0) is 56.5 Å². The van der Waals surface area contributed by atoms with Crippen LogP contribution in [-0.4, -0.2) is 37.6 Å². The van der Waals surface area contributed by atoms with E-state index in [4.69, 9.17) is 0 Å². The van der Waals surface area contributed by atoms with Crippen molar-refractivity contribution >= 4 is 27.5 Å². The van der Waals surface area contributed by atoms with Crippen molar-refractivity contribution in [2.45, 2.75) is 37.6 Å². The number of benzene rings is 3. The minimum Gasteiger partial charge on any atom is -0.345 e. The maximum Gasteiger partial charge on any atom is 0.253 e. The smallest absolute Gasteiger partial charge is 0.253 e. The zero-order chi connectivity index (χ0) is 25.7. The largest absolute Gasteiger partial charge is 0.345 e. The van der Waals surface area contributed by atoms with Crippen molar-refractivity contribution in [3.8, 4) is 0 Å². The van der Waals surface area contributed by atoms with Crippen LogP contribution in [0.15, 0.2) is 83.8 Å². The van der Waals surface area contributed by atoms with E-state index in [-0.39, 0.29) is 41.8 Å². The second-order valence-corrected chi connectivity index (χ2v) is 11.1. The van der Waals surface area contributed by atoms with Gasteiger partial charge in [-0.1, -0.05) is 60.2 Å². The van der Waals surface area contributed by atoms with Crippen molar-refractivity contribution in [3.05, 3.63) is 95.6 Å². The van der Waals surface area contributed by atoms with Crippen LogP contribution in [0.3, 0.4) is 0 Å². The molecule has 2 amide bonds. The van der Waals surface area contributed by atoms with E-state index < -0.39 is 10.0 Å². The van der Waals surface area contributed by atoms with Crippen LogP contribution < -0.4 is 10.6 Å². The summed E-state index contributed by atoms with van der Waals surface area (Å²) in [5, 5.41) is 5.88. The molecule has 3 aromatic carbocycles. The fourth-order valence-corrected chi connectivity index (χ4v) is 5.81. The molecule has 1 unspecified atom stereocenters. The molecule has 0 aromatic heterocycles. The lowest BCUT2D eigenvalue weighted by Crippen LogP contribution is -2.41. The van der Waals surface area contributed by atoms with Crippen LogP contribution in [-0.2, 0) is 14.8 Å². The Hall–Kier alpha value is -3.49. The van der Waals surface area contributed by atoms with E-state index in [9.17, 15) is 18.0 Å². The van der Waals surface area contributed by atoms with Gasteiger partial charge in [0.15, 0.2) is 0 Å². The summed E-state index contributed by atoms with van der Waals surface area (Å²) in [4.78, 5) is 26.3. The minimum absolute atomic E-state index is 0.192. The molecule has 0 aliphatic carbocycles. The van der Waals surface area contributed by atoms with Gasteiger partial charge in [0.05, 0.1) is 22.2 Å². The lowest BCUT2D eigenvalue weighted by atomic mass is 9.97. The Morgan fingerprint density at radius 1 is 0.889 bits per heavy atom. The van der Waals surface area contributed by atoms with Gasteiger partial charge < -0.3 is 10.6 Å². The van der Waals surface area contributed by atoms with Crippen LogP contribution in [0.4, 0.5) is 5.69 Å². The molecule has 3 aromatic rings. The summed E-state index contributed by atoms with van der Waals surface area (Å²) in [5.41, 5.74) is 2.80. The molecular formula is C28H31N3O4S.